The van der Waals surface area contributed by atoms with E-state index in [2.05, 4.69) is 10.3 Å². The molecule has 0 saturated heterocycles. The lowest BCUT2D eigenvalue weighted by Gasteiger charge is -2.12. The highest BCUT2D eigenvalue weighted by Gasteiger charge is 2.06. The van der Waals surface area contributed by atoms with Gasteiger partial charge in [-0.2, -0.15) is 0 Å². The van der Waals surface area contributed by atoms with Crippen molar-refractivity contribution in [3.8, 4) is 5.75 Å². The summed E-state index contributed by atoms with van der Waals surface area (Å²) in [5.41, 5.74) is 9.73. The monoisotopic (exact) mass is 243 g/mol. The van der Waals surface area contributed by atoms with Crippen LogP contribution in [0.1, 0.15) is 11.1 Å². The van der Waals surface area contributed by atoms with Crippen molar-refractivity contribution in [3.63, 3.8) is 0 Å². The lowest BCUT2D eigenvalue weighted by Crippen LogP contribution is -2.02. The molecule has 0 aliphatic rings. The van der Waals surface area contributed by atoms with Crippen molar-refractivity contribution in [3.05, 3.63) is 41.6 Å². The lowest BCUT2D eigenvalue weighted by atomic mass is 10.2. The number of hydrogen-bond acceptors (Lipinski definition) is 4. The van der Waals surface area contributed by atoms with Gasteiger partial charge in [0.1, 0.15) is 5.75 Å². The van der Waals surface area contributed by atoms with Crippen molar-refractivity contribution in [2.45, 2.75) is 13.8 Å². The highest BCUT2D eigenvalue weighted by molar-refractivity contribution is 5.72. The molecular weight excluding hydrogens is 226 g/mol. The fraction of sp³-hybridized carbons (Fsp3) is 0.214. The molecule has 0 fully saturated rings. The third-order valence-corrected chi connectivity index (χ3v) is 2.89. The van der Waals surface area contributed by atoms with Crippen LogP contribution in [0.2, 0.25) is 0 Å². The molecule has 4 nitrogen and oxygen atoms in total. The Bertz CT molecular complexity index is 567. The van der Waals surface area contributed by atoms with Crippen molar-refractivity contribution >= 4 is 17.2 Å². The van der Waals surface area contributed by atoms with Crippen molar-refractivity contribution < 1.29 is 4.74 Å². The number of nitrogens with two attached hydrogens (primary N) is 1. The maximum atomic E-state index is 5.99. The van der Waals surface area contributed by atoms with Gasteiger partial charge in [-0.3, -0.25) is 0 Å². The van der Waals surface area contributed by atoms with Crippen LogP contribution in [-0.2, 0) is 0 Å². The molecule has 2 aromatic rings. The summed E-state index contributed by atoms with van der Waals surface area (Å²) < 4.78 is 5.17. The molecule has 0 bridgehead atoms. The van der Waals surface area contributed by atoms with Crippen LogP contribution in [0.3, 0.4) is 0 Å². The average molecular weight is 243 g/mol. The molecule has 0 radical (unpaired) electrons. The number of aryl methyl sites for hydroxylation is 2. The van der Waals surface area contributed by atoms with E-state index in [0.29, 0.717) is 11.5 Å². The van der Waals surface area contributed by atoms with Gasteiger partial charge in [-0.1, -0.05) is 0 Å². The zero-order chi connectivity index (χ0) is 13.1. The predicted molar refractivity (Wildman–Crippen MR) is 74.4 cm³/mol. The van der Waals surface area contributed by atoms with E-state index in [1.807, 2.05) is 38.1 Å². The minimum atomic E-state index is 0.674. The molecule has 0 unspecified atom stereocenters. The van der Waals surface area contributed by atoms with Crippen LogP contribution in [0.25, 0.3) is 0 Å². The second-order valence-electron chi connectivity index (χ2n) is 4.20. The first-order chi connectivity index (χ1) is 8.61. The highest BCUT2D eigenvalue weighted by Crippen LogP contribution is 2.27. The van der Waals surface area contributed by atoms with Crippen molar-refractivity contribution in [1.29, 1.82) is 0 Å². The van der Waals surface area contributed by atoms with E-state index >= 15 is 0 Å². The zero-order valence-electron chi connectivity index (χ0n) is 10.8. The second kappa shape index (κ2) is 4.96. The predicted octanol–water partition coefficient (Wildman–Crippen LogP) is 3.03. The highest BCUT2D eigenvalue weighted by atomic mass is 16.5. The maximum Gasteiger partial charge on any atom is 0.153 e. The minimum absolute atomic E-state index is 0.674. The van der Waals surface area contributed by atoms with Crippen LogP contribution >= 0.6 is 0 Å². The summed E-state index contributed by atoms with van der Waals surface area (Å²) >= 11 is 0. The van der Waals surface area contributed by atoms with Gasteiger partial charge in [-0.05, 0) is 49.2 Å². The van der Waals surface area contributed by atoms with Gasteiger partial charge in [0.15, 0.2) is 5.82 Å². The zero-order valence-corrected chi connectivity index (χ0v) is 10.8. The molecule has 1 aromatic carbocycles. The molecule has 2 rings (SSSR count). The lowest BCUT2D eigenvalue weighted by molar-refractivity contribution is 0.414. The molecule has 0 amide bonds. The number of nitrogen functional groups attached to an aromatic ring is 1. The Balaban J connectivity index is 2.31. The van der Waals surface area contributed by atoms with Gasteiger partial charge in [0.05, 0.1) is 12.8 Å². The molecule has 1 heterocycles. The summed E-state index contributed by atoms with van der Waals surface area (Å²) in [5, 5.41) is 3.24. The van der Waals surface area contributed by atoms with E-state index in [9.17, 15) is 0 Å². The van der Waals surface area contributed by atoms with E-state index in [4.69, 9.17) is 10.5 Å². The summed E-state index contributed by atoms with van der Waals surface area (Å²) in [6, 6.07) is 7.72. The van der Waals surface area contributed by atoms with E-state index in [1.54, 1.807) is 13.3 Å². The fourth-order valence-electron chi connectivity index (χ4n) is 1.70. The molecule has 0 atom stereocenters. The number of hydrogen-bond donors (Lipinski definition) is 2. The maximum absolute atomic E-state index is 5.99. The molecular formula is C14H17N3O. The smallest absolute Gasteiger partial charge is 0.153 e. The van der Waals surface area contributed by atoms with Crippen LogP contribution in [0.15, 0.2) is 30.5 Å². The van der Waals surface area contributed by atoms with Crippen LogP contribution < -0.4 is 15.8 Å². The number of methoxy groups -OCH3 is 1. The normalized spacial score (nSPS) is 10.2. The summed E-state index contributed by atoms with van der Waals surface area (Å²) in [7, 11) is 1.65. The Morgan fingerprint density at radius 3 is 2.61 bits per heavy atom. The summed E-state index contributed by atoms with van der Waals surface area (Å²) in [5.74, 6) is 1.52. The summed E-state index contributed by atoms with van der Waals surface area (Å²) in [4.78, 5) is 4.25. The van der Waals surface area contributed by atoms with Gasteiger partial charge in [-0.15, -0.1) is 0 Å². The van der Waals surface area contributed by atoms with Gasteiger partial charge in [-0.25, -0.2) is 4.98 Å². The van der Waals surface area contributed by atoms with E-state index in [0.717, 1.165) is 22.6 Å². The Morgan fingerprint density at radius 2 is 1.94 bits per heavy atom. The van der Waals surface area contributed by atoms with E-state index in [1.165, 1.54) is 0 Å². The molecule has 1 aromatic heterocycles. The third-order valence-electron chi connectivity index (χ3n) is 2.89. The summed E-state index contributed by atoms with van der Waals surface area (Å²) in [6.45, 7) is 3.97. The Kier molecular flexibility index (Phi) is 3.37. The number of nitrogens with one attached hydrogen (secondary N) is 1. The molecule has 18 heavy (non-hydrogen) atoms. The summed E-state index contributed by atoms with van der Waals surface area (Å²) in [6.07, 6.45) is 1.74. The van der Waals surface area contributed by atoms with Crippen LogP contribution in [0, 0.1) is 13.8 Å². The molecule has 0 saturated carbocycles. The van der Waals surface area contributed by atoms with Crippen LogP contribution in [0.4, 0.5) is 17.2 Å². The molecule has 94 valence electrons. The number of nitrogens with zero attached hydrogens (tertiary/aromatic N) is 1. The van der Waals surface area contributed by atoms with E-state index < -0.39 is 0 Å². The topological polar surface area (TPSA) is 60.2 Å². The first-order valence-corrected chi connectivity index (χ1v) is 5.74. The van der Waals surface area contributed by atoms with Crippen LogP contribution in [-0.4, -0.2) is 12.1 Å². The SMILES string of the molecule is COc1ccc(Nc2nccc(C)c2N)c(C)c1. The number of aromatic nitrogens is 1. The molecule has 0 aliphatic heterocycles. The third kappa shape index (κ3) is 2.37. The number of anilines is 3. The van der Waals surface area contributed by atoms with Crippen molar-refractivity contribution in [2.24, 2.45) is 0 Å². The second-order valence-corrected chi connectivity index (χ2v) is 4.20. The Morgan fingerprint density at radius 1 is 1.17 bits per heavy atom. The molecule has 0 spiro atoms. The van der Waals surface area contributed by atoms with Gasteiger partial charge in [0, 0.05) is 11.9 Å². The van der Waals surface area contributed by atoms with Crippen LogP contribution in [0.5, 0.6) is 5.75 Å². The molecule has 4 heteroatoms. The molecule has 0 aliphatic carbocycles. The van der Waals surface area contributed by atoms with E-state index in [-0.39, 0.29) is 0 Å². The number of ether oxygens (including phenoxy) is 1. The van der Waals surface area contributed by atoms with Gasteiger partial charge in [0.2, 0.25) is 0 Å². The first kappa shape index (κ1) is 12.2. The Hall–Kier alpha value is -2.23. The average Bonchev–Trinajstić information content (AvgIpc) is 2.37. The van der Waals surface area contributed by atoms with Gasteiger partial charge < -0.3 is 15.8 Å². The number of rotatable bonds is 3. The quantitative estimate of drug-likeness (QED) is 0.869. The Labute approximate surface area is 107 Å². The largest absolute Gasteiger partial charge is 0.497 e. The first-order valence-electron chi connectivity index (χ1n) is 5.74. The van der Waals surface area contributed by atoms with Crippen molar-refractivity contribution in [1.82, 2.24) is 4.98 Å². The van der Waals surface area contributed by atoms with Gasteiger partial charge in [0.25, 0.3) is 0 Å². The standard InChI is InChI=1S/C14H17N3O/c1-9-6-7-16-14(13(9)15)17-12-5-4-11(18-3)8-10(12)2/h4-8H,15H2,1-3H3,(H,16,17). The minimum Gasteiger partial charge on any atom is -0.497 e. The van der Waals surface area contributed by atoms with Crippen molar-refractivity contribution in [2.75, 3.05) is 18.2 Å². The fourth-order valence-corrected chi connectivity index (χ4v) is 1.70. The number of benzene rings is 1. The van der Waals surface area contributed by atoms with Gasteiger partial charge >= 0.3 is 0 Å². The molecule has 3 N–H and O–H groups in total. The number of pyridine rings is 1.